The van der Waals surface area contributed by atoms with Crippen LogP contribution in [0.1, 0.15) is 55.4 Å². The number of aromatic nitrogens is 2. The van der Waals surface area contributed by atoms with E-state index in [1.54, 1.807) is 30.3 Å². The van der Waals surface area contributed by atoms with Crippen LogP contribution in [0.15, 0.2) is 51.1 Å². The lowest BCUT2D eigenvalue weighted by Gasteiger charge is -2.44. The number of esters is 8. The summed E-state index contributed by atoms with van der Waals surface area (Å²) in [5.74, 6) is -6.70. The van der Waals surface area contributed by atoms with E-state index in [4.69, 9.17) is 47.4 Å². The Labute approximate surface area is 356 Å². The summed E-state index contributed by atoms with van der Waals surface area (Å²) in [5, 5.41) is 4.36. The van der Waals surface area contributed by atoms with Crippen molar-refractivity contribution in [3.05, 3.63) is 46.9 Å². The molecule has 2 fully saturated rings. The third-order valence-electron chi connectivity index (χ3n) is 8.28. The smallest absolute Gasteiger partial charge is 0.303 e. The van der Waals surface area contributed by atoms with Crippen molar-refractivity contribution in [1.82, 2.24) is 9.78 Å². The lowest BCUT2D eigenvalue weighted by molar-refractivity contribution is -0.237. The van der Waals surface area contributed by atoms with Crippen molar-refractivity contribution in [2.75, 3.05) is 13.2 Å². The maximum Gasteiger partial charge on any atom is 0.303 e. The largest absolute Gasteiger partial charge is 0.463 e. The van der Waals surface area contributed by atoms with E-state index >= 15 is 0 Å². The van der Waals surface area contributed by atoms with E-state index < -0.39 is 126 Å². The highest BCUT2D eigenvalue weighted by Gasteiger charge is 2.55. The van der Waals surface area contributed by atoms with Gasteiger partial charge in [0.2, 0.25) is 0 Å². The van der Waals surface area contributed by atoms with Crippen LogP contribution in [0.3, 0.4) is 0 Å². The van der Waals surface area contributed by atoms with Gasteiger partial charge < -0.3 is 47.4 Å². The van der Waals surface area contributed by atoms with Crippen LogP contribution >= 0.6 is 23.5 Å². The number of thioether (sulfide) groups is 2. The van der Waals surface area contributed by atoms with Crippen LogP contribution in [0.5, 0.6) is 0 Å². The van der Waals surface area contributed by atoms with E-state index in [1.165, 1.54) is 6.20 Å². The molecule has 0 N–H and O–H groups in total. The summed E-state index contributed by atoms with van der Waals surface area (Å²) < 4.78 is 57.3. The van der Waals surface area contributed by atoms with Gasteiger partial charge in [-0.3, -0.25) is 43.2 Å². The highest BCUT2D eigenvalue weighted by atomic mass is 32.2. The molecule has 3 heterocycles. The molecule has 332 valence electrons. The molecule has 10 atom stereocenters. The van der Waals surface area contributed by atoms with Gasteiger partial charge in [-0.15, -0.1) is 0 Å². The molecular formula is C38H44N2O19S2. The molecule has 61 heavy (non-hydrogen) atoms. The molecule has 1 aromatic heterocycles. The molecule has 0 bridgehead atoms. The Morgan fingerprint density at radius 3 is 1.31 bits per heavy atom. The molecule has 2 saturated heterocycles. The Bertz CT molecular complexity index is 2030. The Morgan fingerprint density at radius 2 is 0.918 bits per heavy atom. The van der Waals surface area contributed by atoms with Crippen molar-refractivity contribution in [2.24, 2.45) is 0 Å². The lowest BCUT2D eigenvalue weighted by atomic mass is 9.99. The standard InChI is InChI=1S/C38H44N2O19S2/c1-17(41)50-15-26-29(52-19(3)43)31(54-21(5)45)33(56-23(7)47)37(58-26)60-28-14-39-40(25-12-10-9-11-13-25)36(49)35(28)61-38-34(57-24(8)48)32(55-22(6)46)30(53-20(4)44)27(59-38)16-51-18(2)42/h9-14,26-27,29-34,37-38H,15-16H2,1-8H3. The molecule has 0 saturated carbocycles. The van der Waals surface area contributed by atoms with Gasteiger partial charge in [-0.25, -0.2) is 0 Å². The molecular weight excluding hydrogens is 853 g/mol. The first-order valence-electron chi connectivity index (χ1n) is 18.4. The Hall–Kier alpha value is -5.52. The number of carbonyl (C=O) groups is 8. The normalized spacial score (nSPS) is 25.8. The quantitative estimate of drug-likeness (QED) is 0.181. The Balaban J connectivity index is 1.93. The molecule has 0 radical (unpaired) electrons. The second-order valence-electron chi connectivity index (χ2n) is 13.3. The number of benzene rings is 1. The maximum absolute atomic E-state index is 14.7. The second kappa shape index (κ2) is 21.8. The van der Waals surface area contributed by atoms with E-state index in [0.29, 0.717) is 17.4 Å². The molecule has 23 heteroatoms. The van der Waals surface area contributed by atoms with E-state index in [1.807, 2.05) is 0 Å². The predicted octanol–water partition coefficient (Wildman–Crippen LogP) is 1.58. The third-order valence-corrected chi connectivity index (χ3v) is 10.8. The molecule has 2 aliphatic rings. The zero-order valence-electron chi connectivity index (χ0n) is 34.1. The lowest BCUT2D eigenvalue weighted by Crippen LogP contribution is -2.61. The molecule has 0 aliphatic carbocycles. The number of nitrogens with zero attached hydrogens (tertiary/aromatic N) is 2. The molecule has 0 amide bonds. The molecule has 4 rings (SSSR count). The minimum atomic E-state index is -1.59. The molecule has 0 spiro atoms. The van der Waals surface area contributed by atoms with Crippen LogP contribution in [0, 0.1) is 0 Å². The molecule has 1 aromatic carbocycles. The number of rotatable bonds is 15. The van der Waals surface area contributed by atoms with Gasteiger partial charge in [0.1, 0.15) is 36.3 Å². The van der Waals surface area contributed by atoms with Gasteiger partial charge in [-0.2, -0.15) is 9.78 Å². The molecule has 2 aliphatic heterocycles. The van der Waals surface area contributed by atoms with Crippen LogP contribution in [0.25, 0.3) is 5.69 Å². The summed E-state index contributed by atoms with van der Waals surface area (Å²) in [7, 11) is 0. The summed E-state index contributed by atoms with van der Waals surface area (Å²) >= 11 is 1.38. The number of hydrogen-bond donors (Lipinski definition) is 0. The number of ether oxygens (including phenoxy) is 10. The first kappa shape index (κ1) is 48.1. The maximum atomic E-state index is 14.7. The average Bonchev–Trinajstić information content (AvgIpc) is 3.15. The Kier molecular flexibility index (Phi) is 17.2. The van der Waals surface area contributed by atoms with Crippen LogP contribution in [-0.4, -0.2) is 130 Å². The number of carbonyl (C=O) groups excluding carboxylic acids is 8. The summed E-state index contributed by atoms with van der Waals surface area (Å²) in [6.07, 6.45) is -10.7. The van der Waals surface area contributed by atoms with Gasteiger partial charge in [-0.05, 0) is 12.1 Å². The van der Waals surface area contributed by atoms with Gasteiger partial charge in [0.25, 0.3) is 5.56 Å². The minimum absolute atomic E-state index is 0.00376. The van der Waals surface area contributed by atoms with Crippen molar-refractivity contribution in [1.29, 1.82) is 0 Å². The summed E-state index contributed by atoms with van der Waals surface area (Å²) in [5.41, 5.74) is -3.40. The SMILES string of the molecule is CC(=O)OCC1OC(Sc2cnn(-c3ccccc3)c(=O)c2SC2OC(COC(C)=O)C(OC(C)=O)C(OC(C)=O)C2OC(C)=O)C(OC(C)=O)C(OC(C)=O)C1OC(C)=O. The van der Waals surface area contributed by atoms with E-state index in [0.717, 1.165) is 71.8 Å². The van der Waals surface area contributed by atoms with E-state index in [9.17, 15) is 43.2 Å². The monoisotopic (exact) mass is 896 g/mol. The Morgan fingerprint density at radius 1 is 0.541 bits per heavy atom. The zero-order valence-corrected chi connectivity index (χ0v) is 35.8. The number of hydrogen-bond acceptors (Lipinski definition) is 22. The second-order valence-corrected chi connectivity index (χ2v) is 15.5. The zero-order chi connectivity index (χ0) is 45.1. The molecule has 2 aromatic rings. The van der Waals surface area contributed by atoms with Crippen LogP contribution in [-0.2, 0) is 85.7 Å². The van der Waals surface area contributed by atoms with Crippen molar-refractivity contribution in [3.63, 3.8) is 0 Å². The van der Waals surface area contributed by atoms with E-state index in [-0.39, 0.29) is 9.79 Å². The fraction of sp³-hybridized carbons (Fsp3) is 0.526. The van der Waals surface area contributed by atoms with Crippen molar-refractivity contribution >= 4 is 71.3 Å². The highest BCUT2D eigenvalue weighted by molar-refractivity contribution is 8.02. The van der Waals surface area contributed by atoms with E-state index in [2.05, 4.69) is 5.10 Å². The summed E-state index contributed by atoms with van der Waals surface area (Å²) in [4.78, 5) is 113. The van der Waals surface area contributed by atoms with Gasteiger partial charge in [0, 0.05) is 60.3 Å². The van der Waals surface area contributed by atoms with Crippen LogP contribution in [0.4, 0.5) is 0 Å². The molecule has 10 unspecified atom stereocenters. The van der Waals surface area contributed by atoms with Crippen LogP contribution in [0.2, 0.25) is 0 Å². The van der Waals surface area contributed by atoms with Crippen LogP contribution < -0.4 is 5.56 Å². The fourth-order valence-electron chi connectivity index (χ4n) is 6.18. The van der Waals surface area contributed by atoms with Gasteiger partial charge in [-0.1, -0.05) is 41.7 Å². The molecule has 21 nitrogen and oxygen atoms in total. The first-order chi connectivity index (χ1) is 28.7. The van der Waals surface area contributed by atoms with Crippen molar-refractivity contribution in [3.8, 4) is 5.69 Å². The fourth-order valence-corrected chi connectivity index (χ4v) is 8.69. The summed E-state index contributed by atoms with van der Waals surface area (Å²) in [6.45, 7) is 7.51. The third kappa shape index (κ3) is 13.5. The first-order valence-corrected chi connectivity index (χ1v) is 20.1. The van der Waals surface area contributed by atoms with Gasteiger partial charge in [0.05, 0.1) is 16.8 Å². The topological polar surface area (TPSA) is 264 Å². The van der Waals surface area contributed by atoms with Gasteiger partial charge in [0.15, 0.2) is 36.6 Å². The average molecular weight is 897 g/mol. The number of para-hydroxylation sites is 1. The van der Waals surface area contributed by atoms with Crippen molar-refractivity contribution < 1.29 is 85.7 Å². The van der Waals surface area contributed by atoms with Crippen molar-refractivity contribution in [2.45, 2.75) is 125 Å². The summed E-state index contributed by atoms with van der Waals surface area (Å²) in [6, 6.07) is 8.18. The van der Waals surface area contributed by atoms with Gasteiger partial charge >= 0.3 is 47.8 Å². The highest BCUT2D eigenvalue weighted by Crippen LogP contribution is 2.43. The predicted molar refractivity (Wildman–Crippen MR) is 205 cm³/mol. The minimum Gasteiger partial charge on any atom is -0.463 e.